The van der Waals surface area contributed by atoms with Crippen molar-refractivity contribution in [3.63, 3.8) is 0 Å². The average molecular weight is 461 g/mol. The number of ether oxygens (including phenoxy) is 1. The molecule has 0 bridgehead atoms. The maximum Gasteiger partial charge on any atom is 0.269 e. The zero-order chi connectivity index (χ0) is 22.2. The summed E-state index contributed by atoms with van der Waals surface area (Å²) in [4.78, 5) is 24.1. The number of rotatable bonds is 8. The molecular formula is C20H21ClN6O3S. The molecule has 0 radical (unpaired) electrons. The van der Waals surface area contributed by atoms with E-state index in [1.165, 1.54) is 11.8 Å². The number of anilines is 1. The van der Waals surface area contributed by atoms with Crippen LogP contribution in [0.15, 0.2) is 53.7 Å². The second kappa shape index (κ2) is 10.7. The Morgan fingerprint density at radius 3 is 2.45 bits per heavy atom. The fourth-order valence-electron chi connectivity index (χ4n) is 2.48. The first-order valence-electron chi connectivity index (χ1n) is 9.20. The molecule has 9 nitrogen and oxygen atoms in total. The Kier molecular flexibility index (Phi) is 7.74. The van der Waals surface area contributed by atoms with Crippen molar-refractivity contribution in [2.75, 3.05) is 18.2 Å². The van der Waals surface area contributed by atoms with Crippen molar-refractivity contribution in [2.24, 2.45) is 7.05 Å². The molecule has 3 rings (SSSR count). The van der Waals surface area contributed by atoms with Crippen LogP contribution in [-0.2, 0) is 18.4 Å². The van der Waals surface area contributed by atoms with Gasteiger partial charge in [-0.15, -0.1) is 10.2 Å². The molecule has 2 amide bonds. The van der Waals surface area contributed by atoms with Crippen LogP contribution in [0.4, 0.5) is 5.69 Å². The number of nitrogens with one attached hydrogen (secondary N) is 3. The third-order valence-corrected chi connectivity index (χ3v) is 5.49. The quantitative estimate of drug-likeness (QED) is 0.350. The first-order valence-corrected chi connectivity index (χ1v) is 10.6. The van der Waals surface area contributed by atoms with E-state index in [9.17, 15) is 9.59 Å². The Bertz CT molecular complexity index is 1040. The fourth-order valence-corrected chi connectivity index (χ4v) is 3.34. The van der Waals surface area contributed by atoms with Crippen molar-refractivity contribution in [1.29, 1.82) is 0 Å². The molecule has 0 aliphatic heterocycles. The number of hydrogen-bond acceptors (Lipinski definition) is 7. The van der Waals surface area contributed by atoms with Gasteiger partial charge in [0.2, 0.25) is 5.91 Å². The summed E-state index contributed by atoms with van der Waals surface area (Å²) < 4.78 is 6.85. The maximum atomic E-state index is 12.1. The van der Waals surface area contributed by atoms with Crippen LogP contribution in [-0.4, -0.2) is 39.4 Å². The van der Waals surface area contributed by atoms with Crippen molar-refractivity contribution in [2.45, 2.75) is 11.7 Å². The third-order valence-electron chi connectivity index (χ3n) is 4.22. The van der Waals surface area contributed by atoms with E-state index in [0.717, 1.165) is 5.69 Å². The number of nitrogens with zero attached hydrogens (tertiary/aromatic N) is 3. The summed E-state index contributed by atoms with van der Waals surface area (Å²) in [7, 11) is 3.37. The number of amides is 2. The Morgan fingerprint density at radius 1 is 1.06 bits per heavy atom. The van der Waals surface area contributed by atoms with Crippen LogP contribution < -0.4 is 20.9 Å². The maximum absolute atomic E-state index is 12.1. The van der Waals surface area contributed by atoms with Crippen LogP contribution in [0, 0.1) is 0 Å². The molecule has 0 aliphatic carbocycles. The van der Waals surface area contributed by atoms with Crippen LogP contribution in [0.2, 0.25) is 5.02 Å². The van der Waals surface area contributed by atoms with Gasteiger partial charge in [0.15, 0.2) is 11.0 Å². The molecule has 0 unspecified atom stereocenters. The Balaban J connectivity index is 1.44. The average Bonchev–Trinajstić information content (AvgIpc) is 3.15. The van der Waals surface area contributed by atoms with Gasteiger partial charge in [0.1, 0.15) is 5.75 Å². The number of benzene rings is 2. The number of thioether (sulfide) groups is 1. The number of hydrogen-bond donors (Lipinski definition) is 3. The Morgan fingerprint density at radius 2 is 1.77 bits per heavy atom. The fraction of sp³-hybridized carbons (Fsp3) is 0.200. The smallest absolute Gasteiger partial charge is 0.269 e. The minimum atomic E-state index is -0.421. The SMILES string of the molecule is COc1ccc(C(=O)NNC(=O)CSc2nnc(CNc3ccc(Cl)cc3)n2C)cc1. The molecule has 31 heavy (non-hydrogen) atoms. The summed E-state index contributed by atoms with van der Waals surface area (Å²) in [6, 6.07) is 13.9. The Labute approximate surface area is 188 Å². The van der Waals surface area contributed by atoms with E-state index in [1.54, 1.807) is 48.1 Å². The van der Waals surface area contributed by atoms with Crippen LogP contribution in [0.3, 0.4) is 0 Å². The summed E-state index contributed by atoms with van der Waals surface area (Å²) >= 11 is 7.10. The summed E-state index contributed by atoms with van der Waals surface area (Å²) in [5.74, 6) is 0.638. The van der Waals surface area contributed by atoms with Gasteiger partial charge in [0, 0.05) is 23.3 Å². The highest BCUT2D eigenvalue weighted by molar-refractivity contribution is 7.99. The number of methoxy groups -OCH3 is 1. The van der Waals surface area contributed by atoms with Gasteiger partial charge in [-0.05, 0) is 48.5 Å². The number of halogens is 1. The zero-order valence-electron chi connectivity index (χ0n) is 16.9. The first kappa shape index (κ1) is 22.4. The topological polar surface area (TPSA) is 110 Å². The van der Waals surface area contributed by atoms with E-state index in [-0.39, 0.29) is 11.7 Å². The predicted molar refractivity (Wildman–Crippen MR) is 119 cm³/mol. The van der Waals surface area contributed by atoms with Crippen molar-refractivity contribution >= 4 is 40.9 Å². The van der Waals surface area contributed by atoms with Gasteiger partial charge in [-0.3, -0.25) is 20.4 Å². The van der Waals surface area contributed by atoms with Gasteiger partial charge < -0.3 is 14.6 Å². The number of carbonyl (C=O) groups excluding carboxylic acids is 2. The van der Waals surface area contributed by atoms with Gasteiger partial charge in [0.25, 0.3) is 5.91 Å². The first-order chi connectivity index (χ1) is 15.0. The molecular weight excluding hydrogens is 440 g/mol. The van der Waals surface area contributed by atoms with Gasteiger partial charge >= 0.3 is 0 Å². The van der Waals surface area contributed by atoms with E-state index in [2.05, 4.69) is 26.4 Å². The van der Waals surface area contributed by atoms with Gasteiger partial charge in [-0.1, -0.05) is 23.4 Å². The highest BCUT2D eigenvalue weighted by Gasteiger charge is 2.12. The molecule has 0 spiro atoms. The molecule has 11 heteroatoms. The number of aromatic nitrogens is 3. The van der Waals surface area contributed by atoms with Gasteiger partial charge in [0.05, 0.1) is 19.4 Å². The predicted octanol–water partition coefficient (Wildman–Crippen LogP) is 2.64. The van der Waals surface area contributed by atoms with Crippen LogP contribution in [0.5, 0.6) is 5.75 Å². The number of carbonyl (C=O) groups is 2. The standard InChI is InChI=1S/C20H21ClN6O3S/c1-27-17(11-22-15-7-5-14(21)6-8-15)23-26-20(27)31-12-18(28)24-25-19(29)13-3-9-16(30-2)10-4-13/h3-10,22H,11-12H2,1-2H3,(H,24,28)(H,25,29). The van der Waals surface area contributed by atoms with Crippen molar-refractivity contribution in [3.05, 3.63) is 64.9 Å². The summed E-state index contributed by atoms with van der Waals surface area (Å²) in [6.07, 6.45) is 0. The molecule has 3 aromatic rings. The second-order valence-electron chi connectivity index (χ2n) is 6.34. The lowest BCUT2D eigenvalue weighted by Gasteiger charge is -2.08. The summed E-state index contributed by atoms with van der Waals surface area (Å²) in [5, 5.41) is 12.7. The summed E-state index contributed by atoms with van der Waals surface area (Å²) in [6.45, 7) is 0.468. The van der Waals surface area contributed by atoms with Gasteiger partial charge in [-0.25, -0.2) is 0 Å². The molecule has 162 valence electrons. The molecule has 1 aromatic heterocycles. The lowest BCUT2D eigenvalue weighted by molar-refractivity contribution is -0.119. The molecule has 3 N–H and O–H groups in total. The van der Waals surface area contributed by atoms with E-state index < -0.39 is 5.91 Å². The highest BCUT2D eigenvalue weighted by Crippen LogP contribution is 2.17. The number of hydrazine groups is 1. The minimum absolute atomic E-state index is 0.0689. The third kappa shape index (κ3) is 6.37. The van der Waals surface area contributed by atoms with Crippen LogP contribution >= 0.6 is 23.4 Å². The van der Waals surface area contributed by atoms with E-state index in [4.69, 9.17) is 16.3 Å². The molecule has 0 aliphatic rings. The molecule has 0 atom stereocenters. The minimum Gasteiger partial charge on any atom is -0.497 e. The lowest BCUT2D eigenvalue weighted by atomic mass is 10.2. The summed E-state index contributed by atoms with van der Waals surface area (Å²) in [5.41, 5.74) is 6.08. The monoisotopic (exact) mass is 460 g/mol. The van der Waals surface area contributed by atoms with E-state index in [1.807, 2.05) is 19.2 Å². The molecule has 1 heterocycles. The van der Waals surface area contributed by atoms with Crippen molar-refractivity contribution in [1.82, 2.24) is 25.6 Å². The largest absolute Gasteiger partial charge is 0.497 e. The van der Waals surface area contributed by atoms with E-state index in [0.29, 0.717) is 33.9 Å². The lowest BCUT2D eigenvalue weighted by Crippen LogP contribution is -2.42. The van der Waals surface area contributed by atoms with Crippen molar-refractivity contribution in [3.8, 4) is 5.75 Å². The molecule has 0 saturated heterocycles. The van der Waals surface area contributed by atoms with Gasteiger partial charge in [-0.2, -0.15) is 0 Å². The molecule has 0 saturated carbocycles. The molecule has 2 aromatic carbocycles. The second-order valence-corrected chi connectivity index (χ2v) is 7.72. The Hall–Kier alpha value is -3.24. The normalized spacial score (nSPS) is 10.4. The van der Waals surface area contributed by atoms with E-state index >= 15 is 0 Å². The highest BCUT2D eigenvalue weighted by atomic mass is 35.5. The van der Waals surface area contributed by atoms with Crippen LogP contribution in [0.25, 0.3) is 0 Å². The zero-order valence-corrected chi connectivity index (χ0v) is 18.5. The van der Waals surface area contributed by atoms with Crippen molar-refractivity contribution < 1.29 is 14.3 Å². The molecule has 0 fully saturated rings. The van der Waals surface area contributed by atoms with Crippen LogP contribution in [0.1, 0.15) is 16.2 Å².